The summed E-state index contributed by atoms with van der Waals surface area (Å²) in [5.74, 6) is 0. The van der Waals surface area contributed by atoms with E-state index in [9.17, 15) is 5.11 Å². The van der Waals surface area contributed by atoms with Crippen molar-refractivity contribution in [1.29, 1.82) is 0 Å². The van der Waals surface area contributed by atoms with Gasteiger partial charge in [0.15, 0.2) is 0 Å². The molecule has 1 atom stereocenters. The van der Waals surface area contributed by atoms with Gasteiger partial charge in [-0.3, -0.25) is 0 Å². The first kappa shape index (κ1) is 11.7. The Morgan fingerprint density at radius 3 is 2.86 bits per heavy atom. The van der Waals surface area contributed by atoms with E-state index in [0.717, 1.165) is 12.8 Å². The zero-order valence-corrected chi connectivity index (χ0v) is 9.64. The number of thiophene rings is 1. The van der Waals surface area contributed by atoms with Gasteiger partial charge in [-0.1, -0.05) is 6.07 Å². The smallest absolute Gasteiger partial charge is 0.0645 e. The second-order valence-electron chi connectivity index (χ2n) is 3.82. The molecular formula is C11H18O2S. The molecule has 0 saturated heterocycles. The van der Waals surface area contributed by atoms with E-state index in [-0.39, 0.29) is 0 Å². The van der Waals surface area contributed by atoms with Crippen LogP contribution in [0.1, 0.15) is 24.6 Å². The molecule has 1 N–H and O–H groups in total. The minimum absolute atomic E-state index is 0.597. The molecule has 14 heavy (non-hydrogen) atoms. The first-order chi connectivity index (χ1) is 6.64. The number of methoxy groups -OCH3 is 1. The summed E-state index contributed by atoms with van der Waals surface area (Å²) < 4.78 is 4.96. The average Bonchev–Trinajstić information content (AvgIpc) is 2.64. The predicted octanol–water partition coefficient (Wildman–Crippen LogP) is 2.47. The van der Waals surface area contributed by atoms with E-state index in [1.165, 1.54) is 4.88 Å². The highest BCUT2D eigenvalue weighted by Gasteiger charge is 2.19. The maximum absolute atomic E-state index is 9.97. The average molecular weight is 214 g/mol. The Bertz CT molecular complexity index is 242. The Balaban J connectivity index is 2.28. The van der Waals surface area contributed by atoms with Crippen LogP contribution in [0.15, 0.2) is 17.5 Å². The monoisotopic (exact) mass is 214 g/mol. The highest BCUT2D eigenvalue weighted by atomic mass is 32.1. The molecule has 0 saturated carbocycles. The summed E-state index contributed by atoms with van der Waals surface area (Å²) in [6, 6.07) is 4.15. The first-order valence-electron chi connectivity index (χ1n) is 4.88. The molecule has 0 bridgehead atoms. The fraction of sp³-hybridized carbons (Fsp3) is 0.636. The summed E-state index contributed by atoms with van der Waals surface area (Å²) in [5.41, 5.74) is -0.597. The highest BCUT2D eigenvalue weighted by Crippen LogP contribution is 2.20. The van der Waals surface area contributed by atoms with Gasteiger partial charge in [0, 0.05) is 18.6 Å². The fourth-order valence-electron chi connectivity index (χ4n) is 1.29. The summed E-state index contributed by atoms with van der Waals surface area (Å²) in [6.45, 7) is 2.50. The van der Waals surface area contributed by atoms with E-state index in [4.69, 9.17) is 4.74 Å². The van der Waals surface area contributed by atoms with Crippen LogP contribution >= 0.6 is 11.3 Å². The number of hydrogen-bond acceptors (Lipinski definition) is 3. The van der Waals surface area contributed by atoms with Gasteiger partial charge >= 0.3 is 0 Å². The Morgan fingerprint density at radius 2 is 2.29 bits per heavy atom. The third kappa shape index (κ3) is 4.22. The predicted molar refractivity (Wildman–Crippen MR) is 59.8 cm³/mol. The molecule has 0 aromatic carbocycles. The van der Waals surface area contributed by atoms with Gasteiger partial charge in [-0.05, 0) is 37.6 Å². The number of rotatable bonds is 6. The van der Waals surface area contributed by atoms with Crippen LogP contribution in [0.4, 0.5) is 0 Å². The van der Waals surface area contributed by atoms with Gasteiger partial charge in [0.2, 0.25) is 0 Å². The molecule has 1 aromatic heterocycles. The minimum atomic E-state index is -0.597. The Labute approximate surface area is 89.5 Å². The summed E-state index contributed by atoms with van der Waals surface area (Å²) in [7, 11) is 1.66. The van der Waals surface area contributed by atoms with Crippen LogP contribution in [0.2, 0.25) is 0 Å². The van der Waals surface area contributed by atoms with Crippen LogP contribution in [0, 0.1) is 0 Å². The van der Waals surface area contributed by atoms with E-state index in [0.29, 0.717) is 13.0 Å². The molecular weight excluding hydrogens is 196 g/mol. The lowest BCUT2D eigenvalue weighted by Gasteiger charge is -2.22. The Hall–Kier alpha value is -0.380. The molecule has 0 spiro atoms. The van der Waals surface area contributed by atoms with Crippen molar-refractivity contribution < 1.29 is 9.84 Å². The van der Waals surface area contributed by atoms with Crippen LogP contribution in [0.25, 0.3) is 0 Å². The lowest BCUT2D eigenvalue weighted by Crippen LogP contribution is -2.26. The van der Waals surface area contributed by atoms with E-state index in [2.05, 4.69) is 11.4 Å². The van der Waals surface area contributed by atoms with Crippen LogP contribution in [0.3, 0.4) is 0 Å². The molecule has 3 heteroatoms. The van der Waals surface area contributed by atoms with Gasteiger partial charge in [0.25, 0.3) is 0 Å². The summed E-state index contributed by atoms with van der Waals surface area (Å²) in [5, 5.41) is 12.0. The molecule has 0 aliphatic carbocycles. The van der Waals surface area contributed by atoms with Crippen LogP contribution in [-0.4, -0.2) is 24.4 Å². The molecule has 1 unspecified atom stereocenters. The Morgan fingerprint density at radius 1 is 1.50 bits per heavy atom. The van der Waals surface area contributed by atoms with Gasteiger partial charge in [0.05, 0.1) is 5.60 Å². The zero-order valence-electron chi connectivity index (χ0n) is 8.82. The van der Waals surface area contributed by atoms with Crippen LogP contribution in [-0.2, 0) is 11.2 Å². The fourth-order valence-corrected chi connectivity index (χ4v) is 2.00. The van der Waals surface area contributed by atoms with Crippen molar-refractivity contribution in [3.8, 4) is 0 Å². The van der Waals surface area contributed by atoms with E-state index >= 15 is 0 Å². The maximum atomic E-state index is 9.97. The second kappa shape index (κ2) is 5.49. The van der Waals surface area contributed by atoms with Crippen molar-refractivity contribution in [3.63, 3.8) is 0 Å². The van der Waals surface area contributed by atoms with E-state index in [1.807, 2.05) is 13.0 Å². The number of aliphatic hydroxyl groups is 1. The molecule has 1 rings (SSSR count). The summed E-state index contributed by atoms with van der Waals surface area (Å²) in [4.78, 5) is 1.34. The van der Waals surface area contributed by atoms with Crippen LogP contribution < -0.4 is 0 Å². The number of hydrogen-bond donors (Lipinski definition) is 1. The summed E-state index contributed by atoms with van der Waals surface area (Å²) >= 11 is 1.75. The van der Waals surface area contributed by atoms with Crippen molar-refractivity contribution >= 4 is 11.3 Å². The van der Waals surface area contributed by atoms with Gasteiger partial charge in [-0.15, -0.1) is 11.3 Å². The molecule has 0 aliphatic rings. The van der Waals surface area contributed by atoms with Gasteiger partial charge in [0.1, 0.15) is 0 Å². The zero-order chi connectivity index (χ0) is 10.4. The summed E-state index contributed by atoms with van der Waals surface area (Å²) in [6.07, 6.45) is 2.46. The molecule has 0 aliphatic heterocycles. The molecule has 0 fully saturated rings. The van der Waals surface area contributed by atoms with Crippen molar-refractivity contribution in [2.75, 3.05) is 13.7 Å². The van der Waals surface area contributed by atoms with Gasteiger partial charge < -0.3 is 9.84 Å². The molecule has 80 valence electrons. The van der Waals surface area contributed by atoms with Crippen molar-refractivity contribution in [2.24, 2.45) is 0 Å². The highest BCUT2D eigenvalue weighted by molar-refractivity contribution is 7.09. The molecule has 1 aromatic rings. The van der Waals surface area contributed by atoms with E-state index in [1.54, 1.807) is 18.4 Å². The second-order valence-corrected chi connectivity index (χ2v) is 4.85. The standard InChI is InChI=1S/C11H18O2S/c1-11(12,7-8-13-2)6-5-10-4-3-9-14-10/h3-4,9,12H,5-8H2,1-2H3. The third-order valence-electron chi connectivity index (χ3n) is 2.33. The quantitative estimate of drug-likeness (QED) is 0.788. The van der Waals surface area contributed by atoms with Crippen molar-refractivity contribution in [3.05, 3.63) is 22.4 Å². The molecule has 1 heterocycles. The third-order valence-corrected chi connectivity index (χ3v) is 3.27. The molecule has 0 amide bonds. The lowest BCUT2D eigenvalue weighted by atomic mass is 9.96. The van der Waals surface area contributed by atoms with Crippen LogP contribution in [0.5, 0.6) is 0 Å². The lowest BCUT2D eigenvalue weighted by molar-refractivity contribution is 0.0178. The Kier molecular flexibility index (Phi) is 4.58. The van der Waals surface area contributed by atoms with Crippen molar-refractivity contribution in [2.45, 2.75) is 31.8 Å². The van der Waals surface area contributed by atoms with Crippen molar-refractivity contribution in [1.82, 2.24) is 0 Å². The first-order valence-corrected chi connectivity index (χ1v) is 5.76. The number of ether oxygens (including phenoxy) is 1. The SMILES string of the molecule is COCCC(C)(O)CCc1cccs1. The molecule has 2 nitrogen and oxygen atoms in total. The minimum Gasteiger partial charge on any atom is -0.390 e. The molecule has 0 radical (unpaired) electrons. The van der Waals surface area contributed by atoms with E-state index < -0.39 is 5.60 Å². The van der Waals surface area contributed by atoms with Gasteiger partial charge in [-0.25, -0.2) is 0 Å². The largest absolute Gasteiger partial charge is 0.390 e. The normalized spacial score (nSPS) is 15.4. The van der Waals surface area contributed by atoms with Gasteiger partial charge in [-0.2, -0.15) is 0 Å². The number of aryl methyl sites for hydroxylation is 1. The maximum Gasteiger partial charge on any atom is 0.0645 e. The topological polar surface area (TPSA) is 29.5 Å².